The van der Waals surface area contributed by atoms with Crippen LogP contribution in [0.4, 0.5) is 5.95 Å². The molecule has 0 bridgehead atoms. The van der Waals surface area contributed by atoms with Crippen LogP contribution in [0.2, 0.25) is 0 Å². The minimum atomic E-state index is -0.0541. The van der Waals surface area contributed by atoms with E-state index in [0.29, 0.717) is 0 Å². The summed E-state index contributed by atoms with van der Waals surface area (Å²) in [5.74, 6) is 0.168. The molecule has 3 N–H and O–H groups in total. The average molecular weight is 237 g/mol. The summed E-state index contributed by atoms with van der Waals surface area (Å²) in [6, 6.07) is 0. The zero-order valence-corrected chi connectivity index (χ0v) is 10.1. The third-order valence-corrected chi connectivity index (χ3v) is 3.26. The van der Waals surface area contributed by atoms with Gasteiger partial charge in [-0.25, -0.2) is 9.67 Å². The van der Waals surface area contributed by atoms with Crippen molar-refractivity contribution in [1.82, 2.24) is 20.1 Å². The van der Waals surface area contributed by atoms with Crippen LogP contribution >= 0.6 is 0 Å². The first-order valence-electron chi connectivity index (χ1n) is 6.03. The van der Waals surface area contributed by atoms with Gasteiger partial charge in [-0.15, -0.1) is 5.10 Å². The van der Waals surface area contributed by atoms with E-state index < -0.39 is 0 Å². The van der Waals surface area contributed by atoms with Gasteiger partial charge in [0.05, 0.1) is 0 Å². The standard InChI is InChI=1S/C11H19N5O/c1-11(5-3-2-4-6-11)14-9(17)7-16-8-13-10(12)15-16/h8H,2-7H2,1H3,(H2,12,15)(H,14,17). The summed E-state index contributed by atoms with van der Waals surface area (Å²) in [5, 5.41) is 6.97. The highest BCUT2D eigenvalue weighted by Gasteiger charge is 2.28. The number of anilines is 1. The molecular formula is C11H19N5O. The van der Waals surface area contributed by atoms with Crippen molar-refractivity contribution in [2.45, 2.75) is 51.1 Å². The fourth-order valence-electron chi connectivity index (χ4n) is 2.37. The summed E-state index contributed by atoms with van der Waals surface area (Å²) in [4.78, 5) is 15.6. The normalized spacial score (nSPS) is 18.9. The minimum Gasteiger partial charge on any atom is -0.367 e. The smallest absolute Gasteiger partial charge is 0.242 e. The zero-order chi connectivity index (χ0) is 12.3. The Kier molecular flexibility index (Phi) is 3.31. The second-order valence-electron chi connectivity index (χ2n) is 4.97. The minimum absolute atomic E-state index is 0.0284. The molecule has 0 unspecified atom stereocenters. The number of nitrogens with two attached hydrogens (primary N) is 1. The topological polar surface area (TPSA) is 85.8 Å². The molecule has 1 saturated carbocycles. The second-order valence-corrected chi connectivity index (χ2v) is 4.97. The van der Waals surface area contributed by atoms with Crippen molar-refractivity contribution in [1.29, 1.82) is 0 Å². The molecule has 0 atom stereocenters. The lowest BCUT2D eigenvalue weighted by molar-refractivity contribution is -0.124. The van der Waals surface area contributed by atoms with Gasteiger partial charge in [-0.05, 0) is 19.8 Å². The summed E-state index contributed by atoms with van der Waals surface area (Å²) in [6.07, 6.45) is 7.22. The Morgan fingerprint density at radius 1 is 1.53 bits per heavy atom. The van der Waals surface area contributed by atoms with Crippen molar-refractivity contribution < 1.29 is 4.79 Å². The highest BCUT2D eigenvalue weighted by molar-refractivity contribution is 5.76. The third kappa shape index (κ3) is 3.18. The van der Waals surface area contributed by atoms with Gasteiger partial charge in [-0.1, -0.05) is 19.3 Å². The molecule has 0 aromatic carbocycles. The van der Waals surface area contributed by atoms with Gasteiger partial charge in [-0.3, -0.25) is 4.79 Å². The number of hydrogen-bond donors (Lipinski definition) is 2. The van der Waals surface area contributed by atoms with Crippen LogP contribution in [-0.2, 0) is 11.3 Å². The van der Waals surface area contributed by atoms with Crippen molar-refractivity contribution in [2.75, 3.05) is 5.73 Å². The van der Waals surface area contributed by atoms with E-state index in [0.717, 1.165) is 12.8 Å². The number of hydrogen-bond acceptors (Lipinski definition) is 4. The first-order chi connectivity index (χ1) is 8.07. The Morgan fingerprint density at radius 2 is 2.24 bits per heavy atom. The van der Waals surface area contributed by atoms with E-state index in [9.17, 15) is 4.79 Å². The molecule has 0 radical (unpaired) electrons. The van der Waals surface area contributed by atoms with Gasteiger partial charge in [0, 0.05) is 5.54 Å². The Morgan fingerprint density at radius 3 is 2.82 bits per heavy atom. The van der Waals surface area contributed by atoms with Crippen LogP contribution in [-0.4, -0.2) is 26.2 Å². The monoisotopic (exact) mass is 237 g/mol. The molecule has 94 valence electrons. The number of nitrogens with zero attached hydrogens (tertiary/aromatic N) is 3. The molecule has 6 nitrogen and oxygen atoms in total. The van der Waals surface area contributed by atoms with Crippen LogP contribution in [0.3, 0.4) is 0 Å². The van der Waals surface area contributed by atoms with Gasteiger partial charge >= 0.3 is 0 Å². The molecule has 1 amide bonds. The van der Waals surface area contributed by atoms with Gasteiger partial charge in [0.15, 0.2) is 0 Å². The van der Waals surface area contributed by atoms with Gasteiger partial charge in [0.1, 0.15) is 12.9 Å². The average Bonchev–Trinajstić information content (AvgIpc) is 2.63. The maximum Gasteiger partial charge on any atom is 0.242 e. The van der Waals surface area contributed by atoms with E-state index in [1.54, 1.807) is 0 Å². The lowest BCUT2D eigenvalue weighted by Crippen LogP contribution is -2.48. The molecule has 1 aliphatic carbocycles. The highest BCUT2D eigenvalue weighted by Crippen LogP contribution is 2.27. The van der Waals surface area contributed by atoms with E-state index in [2.05, 4.69) is 22.3 Å². The highest BCUT2D eigenvalue weighted by atomic mass is 16.2. The quantitative estimate of drug-likeness (QED) is 0.810. The van der Waals surface area contributed by atoms with Crippen LogP contribution in [0.15, 0.2) is 6.33 Å². The van der Waals surface area contributed by atoms with E-state index in [-0.39, 0.29) is 23.9 Å². The number of amides is 1. The molecule has 1 aromatic heterocycles. The molecule has 1 heterocycles. The fraction of sp³-hybridized carbons (Fsp3) is 0.727. The maximum atomic E-state index is 11.9. The SMILES string of the molecule is CC1(NC(=O)Cn2cnc(N)n2)CCCCC1. The number of nitrogen functional groups attached to an aromatic ring is 1. The van der Waals surface area contributed by atoms with E-state index in [1.165, 1.54) is 30.3 Å². The van der Waals surface area contributed by atoms with Gasteiger partial charge in [0.25, 0.3) is 0 Å². The lowest BCUT2D eigenvalue weighted by atomic mass is 9.83. The zero-order valence-electron chi connectivity index (χ0n) is 10.1. The van der Waals surface area contributed by atoms with Crippen LogP contribution in [0.5, 0.6) is 0 Å². The summed E-state index contributed by atoms with van der Waals surface area (Å²) >= 11 is 0. The van der Waals surface area contributed by atoms with Crippen molar-refractivity contribution in [3.63, 3.8) is 0 Å². The molecule has 1 aromatic rings. The summed E-state index contributed by atoms with van der Waals surface area (Å²) in [6.45, 7) is 2.29. The summed E-state index contributed by atoms with van der Waals surface area (Å²) in [5.41, 5.74) is 5.34. The molecule has 17 heavy (non-hydrogen) atoms. The van der Waals surface area contributed by atoms with Crippen LogP contribution in [0.25, 0.3) is 0 Å². The van der Waals surface area contributed by atoms with Crippen LogP contribution in [0, 0.1) is 0 Å². The third-order valence-electron chi connectivity index (χ3n) is 3.26. The van der Waals surface area contributed by atoms with Gasteiger partial charge < -0.3 is 11.1 Å². The number of aromatic nitrogens is 3. The maximum absolute atomic E-state index is 11.9. The molecule has 2 rings (SSSR count). The molecule has 1 fully saturated rings. The predicted molar refractivity (Wildman–Crippen MR) is 64.1 cm³/mol. The van der Waals surface area contributed by atoms with Crippen molar-refractivity contribution in [2.24, 2.45) is 0 Å². The van der Waals surface area contributed by atoms with Crippen LogP contribution < -0.4 is 11.1 Å². The molecule has 0 aliphatic heterocycles. The first kappa shape index (κ1) is 11.9. The Hall–Kier alpha value is -1.59. The van der Waals surface area contributed by atoms with E-state index >= 15 is 0 Å². The summed E-state index contributed by atoms with van der Waals surface area (Å²) < 4.78 is 1.46. The molecule has 0 spiro atoms. The van der Waals surface area contributed by atoms with Crippen molar-refractivity contribution in [3.8, 4) is 0 Å². The van der Waals surface area contributed by atoms with Gasteiger partial charge in [-0.2, -0.15) is 0 Å². The molecule has 1 aliphatic rings. The van der Waals surface area contributed by atoms with E-state index in [1.807, 2.05) is 0 Å². The van der Waals surface area contributed by atoms with Crippen LogP contribution in [0.1, 0.15) is 39.0 Å². The number of nitrogens with one attached hydrogen (secondary N) is 1. The number of rotatable bonds is 3. The van der Waals surface area contributed by atoms with Gasteiger partial charge in [0.2, 0.25) is 11.9 Å². The number of carbonyl (C=O) groups excluding carboxylic acids is 1. The van der Waals surface area contributed by atoms with Crippen molar-refractivity contribution >= 4 is 11.9 Å². The van der Waals surface area contributed by atoms with Crippen molar-refractivity contribution in [3.05, 3.63) is 6.33 Å². The number of carbonyl (C=O) groups is 1. The summed E-state index contributed by atoms with van der Waals surface area (Å²) in [7, 11) is 0. The Balaban J connectivity index is 1.88. The fourth-order valence-corrected chi connectivity index (χ4v) is 2.37. The largest absolute Gasteiger partial charge is 0.367 e. The first-order valence-corrected chi connectivity index (χ1v) is 6.03. The molecular weight excluding hydrogens is 218 g/mol. The lowest BCUT2D eigenvalue weighted by Gasteiger charge is -2.34. The van der Waals surface area contributed by atoms with E-state index in [4.69, 9.17) is 5.73 Å². The molecule has 0 saturated heterocycles. The predicted octanol–water partition coefficient (Wildman–Crippen LogP) is 0.699. The Bertz CT molecular complexity index is 394. The second kappa shape index (κ2) is 4.73. The Labute approximate surface area is 101 Å². The molecule has 6 heteroatoms.